The number of sulfone groups is 1. The lowest BCUT2D eigenvalue weighted by Crippen LogP contribution is -2.43. The molecule has 2 saturated carbocycles. The van der Waals surface area contributed by atoms with E-state index in [1.807, 2.05) is 4.90 Å². The van der Waals surface area contributed by atoms with Crippen LogP contribution in [0.2, 0.25) is 0 Å². The summed E-state index contributed by atoms with van der Waals surface area (Å²) in [5.41, 5.74) is 0. The summed E-state index contributed by atoms with van der Waals surface area (Å²) < 4.78 is 22.8. The molecule has 5 rings (SSSR count). The first-order chi connectivity index (χ1) is 9.42. The number of fused-ring (bicyclic) bond motifs is 1. The molecule has 0 aromatic rings. The van der Waals surface area contributed by atoms with Crippen LogP contribution in [0.25, 0.3) is 0 Å². The fraction of sp³-hybridized carbons (Fsp3) is 0.800. The zero-order valence-electron chi connectivity index (χ0n) is 11.8. The summed E-state index contributed by atoms with van der Waals surface area (Å²) in [6.07, 6.45) is 9.37. The Morgan fingerprint density at radius 3 is 1.95 bits per heavy atom. The van der Waals surface area contributed by atoms with Crippen molar-refractivity contribution in [1.82, 2.24) is 4.90 Å². The lowest BCUT2D eigenvalue weighted by Gasteiger charge is -2.40. The Morgan fingerprint density at radius 2 is 1.60 bits per heavy atom. The molecule has 0 radical (unpaired) electrons. The van der Waals surface area contributed by atoms with E-state index in [4.69, 9.17) is 0 Å². The third-order valence-electron chi connectivity index (χ3n) is 6.04. The van der Waals surface area contributed by atoms with E-state index in [-0.39, 0.29) is 5.91 Å². The highest BCUT2D eigenvalue weighted by molar-refractivity contribution is 7.93. The molecular formula is C15H21NO3S. The molecule has 110 valence electrons. The second kappa shape index (κ2) is 3.87. The molecule has 0 N–H and O–H groups in total. The van der Waals surface area contributed by atoms with Crippen LogP contribution in [0.1, 0.15) is 25.7 Å². The summed E-state index contributed by atoms with van der Waals surface area (Å²) in [5, 5.41) is 0. The van der Waals surface area contributed by atoms with E-state index < -0.39 is 14.6 Å². The Hall–Kier alpha value is -0.840. The monoisotopic (exact) mass is 295 g/mol. The lowest BCUT2D eigenvalue weighted by atomic mass is 9.64. The first kappa shape index (κ1) is 12.9. The maximum Gasteiger partial charge on any atom is 0.244 e. The Balaban J connectivity index is 1.57. The second-order valence-corrected chi connectivity index (χ2v) is 9.42. The normalized spacial score (nSPS) is 40.8. The van der Waals surface area contributed by atoms with Gasteiger partial charge in [-0.1, -0.05) is 12.2 Å². The molecule has 4 nitrogen and oxygen atoms in total. The molecule has 2 bridgehead atoms. The zero-order chi connectivity index (χ0) is 14.1. The molecular weight excluding hydrogens is 274 g/mol. The molecule has 20 heavy (non-hydrogen) atoms. The van der Waals surface area contributed by atoms with Crippen LogP contribution in [0.3, 0.4) is 0 Å². The summed E-state index contributed by atoms with van der Waals surface area (Å²) in [5.74, 6) is 2.23. The molecule has 5 heteroatoms. The van der Waals surface area contributed by atoms with Crippen LogP contribution in [-0.4, -0.2) is 43.3 Å². The molecule has 1 aliphatic heterocycles. The van der Waals surface area contributed by atoms with Crippen molar-refractivity contribution in [2.45, 2.75) is 30.4 Å². The van der Waals surface area contributed by atoms with Crippen molar-refractivity contribution < 1.29 is 13.2 Å². The molecule has 3 fully saturated rings. The fourth-order valence-corrected chi connectivity index (χ4v) is 5.94. The Bertz CT molecular complexity index is 568. The molecule has 4 unspecified atom stereocenters. The van der Waals surface area contributed by atoms with E-state index in [0.29, 0.717) is 36.5 Å². The maximum absolute atomic E-state index is 12.7. The van der Waals surface area contributed by atoms with E-state index in [1.165, 1.54) is 19.1 Å². The predicted octanol–water partition coefficient (Wildman–Crippen LogP) is 1.23. The largest absolute Gasteiger partial charge is 0.341 e. The van der Waals surface area contributed by atoms with Crippen LogP contribution in [0, 0.1) is 23.7 Å². The van der Waals surface area contributed by atoms with Crippen molar-refractivity contribution in [3.05, 3.63) is 12.2 Å². The number of hydrogen-bond acceptors (Lipinski definition) is 3. The average Bonchev–Trinajstić information content (AvgIpc) is 3.10. The van der Waals surface area contributed by atoms with E-state index in [2.05, 4.69) is 12.2 Å². The molecule has 0 spiro atoms. The zero-order valence-corrected chi connectivity index (χ0v) is 12.6. The Labute approximate surface area is 120 Å². The van der Waals surface area contributed by atoms with Crippen LogP contribution >= 0.6 is 0 Å². The third kappa shape index (κ3) is 1.59. The van der Waals surface area contributed by atoms with Gasteiger partial charge in [0.1, 0.15) is 0 Å². The maximum atomic E-state index is 12.7. The summed E-state index contributed by atoms with van der Waals surface area (Å²) >= 11 is 0. The standard InChI is InChI=1S/C15H21NO3S/c1-20(18,19)15(6-7-15)14(17)16-8-12-10-2-3-11(5-4-10)13(12)9-16/h2-3,10-13H,4-9H2,1H3. The Kier molecular flexibility index (Phi) is 2.49. The molecule has 1 saturated heterocycles. The van der Waals surface area contributed by atoms with Gasteiger partial charge in [-0.3, -0.25) is 4.79 Å². The molecule has 1 amide bonds. The van der Waals surface area contributed by atoms with Gasteiger partial charge in [0.2, 0.25) is 5.91 Å². The number of carbonyl (C=O) groups is 1. The van der Waals surface area contributed by atoms with Gasteiger partial charge >= 0.3 is 0 Å². The van der Waals surface area contributed by atoms with Crippen molar-refractivity contribution in [1.29, 1.82) is 0 Å². The van der Waals surface area contributed by atoms with Crippen LogP contribution in [0.15, 0.2) is 12.2 Å². The van der Waals surface area contributed by atoms with Crippen molar-refractivity contribution in [2.75, 3.05) is 19.3 Å². The molecule has 0 aromatic carbocycles. The van der Waals surface area contributed by atoms with Crippen LogP contribution in [0.5, 0.6) is 0 Å². The van der Waals surface area contributed by atoms with Crippen molar-refractivity contribution >= 4 is 15.7 Å². The first-order valence-corrected chi connectivity index (χ1v) is 9.49. The van der Waals surface area contributed by atoms with Gasteiger partial charge in [-0.2, -0.15) is 0 Å². The average molecular weight is 295 g/mol. The number of hydrogen-bond donors (Lipinski definition) is 0. The molecule has 1 heterocycles. The summed E-state index contributed by atoms with van der Waals surface area (Å²) in [7, 11) is -3.28. The van der Waals surface area contributed by atoms with Crippen LogP contribution < -0.4 is 0 Å². The number of likely N-dealkylation sites (tertiary alicyclic amines) is 1. The molecule has 4 aliphatic carbocycles. The van der Waals surface area contributed by atoms with Gasteiger partial charge < -0.3 is 4.90 Å². The van der Waals surface area contributed by atoms with E-state index in [0.717, 1.165) is 13.1 Å². The van der Waals surface area contributed by atoms with Crippen LogP contribution in [0.4, 0.5) is 0 Å². The number of rotatable bonds is 2. The smallest absolute Gasteiger partial charge is 0.244 e. The highest BCUT2D eigenvalue weighted by Crippen LogP contribution is 2.51. The first-order valence-electron chi connectivity index (χ1n) is 7.60. The van der Waals surface area contributed by atoms with Gasteiger partial charge in [0.05, 0.1) is 0 Å². The van der Waals surface area contributed by atoms with Gasteiger partial charge in [-0.15, -0.1) is 0 Å². The second-order valence-electron chi connectivity index (χ2n) is 7.09. The lowest BCUT2D eigenvalue weighted by molar-refractivity contribution is -0.130. The minimum Gasteiger partial charge on any atom is -0.341 e. The number of amides is 1. The van der Waals surface area contributed by atoms with Gasteiger partial charge in [0, 0.05) is 19.3 Å². The molecule has 5 aliphatic rings. The SMILES string of the molecule is CS(=O)(=O)C1(C(=O)N2CC3C4C=CC(CC4)C3C2)CC1. The minimum absolute atomic E-state index is 0.117. The summed E-state index contributed by atoms with van der Waals surface area (Å²) in [4.78, 5) is 14.5. The topological polar surface area (TPSA) is 54.5 Å². The quantitative estimate of drug-likeness (QED) is 0.720. The fourth-order valence-electron chi connectivity index (χ4n) is 4.65. The van der Waals surface area contributed by atoms with Gasteiger partial charge in [0.25, 0.3) is 0 Å². The van der Waals surface area contributed by atoms with E-state index >= 15 is 0 Å². The third-order valence-corrected chi connectivity index (χ3v) is 8.04. The predicted molar refractivity (Wildman–Crippen MR) is 75.7 cm³/mol. The number of carbonyl (C=O) groups excluding carboxylic acids is 1. The molecule has 4 atom stereocenters. The van der Waals surface area contributed by atoms with Crippen molar-refractivity contribution in [3.63, 3.8) is 0 Å². The highest BCUT2D eigenvalue weighted by atomic mass is 32.2. The summed E-state index contributed by atoms with van der Waals surface area (Å²) in [6, 6.07) is 0. The van der Waals surface area contributed by atoms with Gasteiger partial charge in [-0.05, 0) is 49.4 Å². The Morgan fingerprint density at radius 1 is 1.10 bits per heavy atom. The van der Waals surface area contributed by atoms with Crippen molar-refractivity contribution in [3.8, 4) is 0 Å². The van der Waals surface area contributed by atoms with E-state index in [1.54, 1.807) is 0 Å². The highest BCUT2D eigenvalue weighted by Gasteiger charge is 2.61. The number of nitrogens with zero attached hydrogens (tertiary/aromatic N) is 1. The van der Waals surface area contributed by atoms with Crippen molar-refractivity contribution in [2.24, 2.45) is 23.7 Å². The summed E-state index contributed by atoms with van der Waals surface area (Å²) in [6.45, 7) is 1.54. The molecule has 0 aromatic heterocycles. The number of allylic oxidation sites excluding steroid dienone is 2. The van der Waals surface area contributed by atoms with E-state index in [9.17, 15) is 13.2 Å². The van der Waals surface area contributed by atoms with Crippen LogP contribution in [-0.2, 0) is 14.6 Å². The minimum atomic E-state index is -3.28. The van der Waals surface area contributed by atoms with Gasteiger partial charge in [0.15, 0.2) is 14.6 Å². The van der Waals surface area contributed by atoms with Gasteiger partial charge in [-0.25, -0.2) is 8.42 Å².